The van der Waals surface area contributed by atoms with Gasteiger partial charge in [-0.1, -0.05) is 6.07 Å². The number of nitrogens with zero attached hydrogens (tertiary/aromatic N) is 1. The normalized spacial score (nSPS) is 10.6. The molecule has 6 nitrogen and oxygen atoms in total. The number of H-pyrrole nitrogens is 1. The third kappa shape index (κ3) is 2.57. The van der Waals surface area contributed by atoms with Gasteiger partial charge in [-0.3, -0.25) is 4.79 Å². The van der Waals surface area contributed by atoms with E-state index in [-0.39, 0.29) is 17.1 Å². The predicted molar refractivity (Wildman–Crippen MR) is 83.6 cm³/mol. The summed E-state index contributed by atoms with van der Waals surface area (Å²) >= 11 is 0. The van der Waals surface area contributed by atoms with E-state index >= 15 is 0 Å². The van der Waals surface area contributed by atoms with Gasteiger partial charge in [-0.2, -0.15) is 0 Å². The SMILES string of the molecule is COc1ccc(F)c(C(=O)Nc2cccc3[nH]cnc23)c1OC. The summed E-state index contributed by atoms with van der Waals surface area (Å²) in [6, 6.07) is 7.83. The van der Waals surface area contributed by atoms with Gasteiger partial charge in [-0.15, -0.1) is 0 Å². The average Bonchev–Trinajstić information content (AvgIpc) is 3.04. The van der Waals surface area contributed by atoms with E-state index in [2.05, 4.69) is 15.3 Å². The Morgan fingerprint density at radius 2 is 2.04 bits per heavy atom. The second-order valence-corrected chi connectivity index (χ2v) is 4.72. The number of para-hydroxylation sites is 1. The number of carbonyl (C=O) groups is 1. The Kier molecular flexibility index (Phi) is 3.84. The molecule has 0 unspecified atom stereocenters. The summed E-state index contributed by atoms with van der Waals surface area (Å²) in [7, 11) is 2.77. The van der Waals surface area contributed by atoms with Gasteiger partial charge in [-0.25, -0.2) is 9.37 Å². The second kappa shape index (κ2) is 5.96. The van der Waals surface area contributed by atoms with Crippen LogP contribution < -0.4 is 14.8 Å². The Morgan fingerprint density at radius 3 is 2.78 bits per heavy atom. The molecule has 0 atom stereocenters. The fraction of sp³-hybridized carbons (Fsp3) is 0.125. The molecule has 3 aromatic rings. The summed E-state index contributed by atoms with van der Waals surface area (Å²) in [5.41, 5.74) is 1.60. The predicted octanol–water partition coefficient (Wildman–Crippen LogP) is 2.97. The van der Waals surface area contributed by atoms with Crippen molar-refractivity contribution in [3.63, 3.8) is 0 Å². The molecular weight excluding hydrogens is 301 g/mol. The molecular formula is C16H14FN3O3. The molecule has 23 heavy (non-hydrogen) atoms. The smallest absolute Gasteiger partial charge is 0.262 e. The standard InChI is InChI=1S/C16H14FN3O3/c1-22-12-7-6-9(17)13(15(12)23-2)16(21)20-11-5-3-4-10-14(11)19-8-18-10/h3-8H,1-2H3,(H,18,19)(H,20,21). The number of halogens is 1. The number of anilines is 1. The fourth-order valence-corrected chi connectivity index (χ4v) is 2.37. The zero-order valence-corrected chi connectivity index (χ0v) is 12.5. The summed E-state index contributed by atoms with van der Waals surface area (Å²) < 4.78 is 24.4. The van der Waals surface area contributed by atoms with Crippen molar-refractivity contribution >= 4 is 22.6 Å². The van der Waals surface area contributed by atoms with Gasteiger partial charge in [0.1, 0.15) is 16.9 Å². The quantitative estimate of drug-likeness (QED) is 0.776. The molecule has 3 rings (SSSR count). The first-order valence-electron chi connectivity index (χ1n) is 6.79. The number of rotatable bonds is 4. The Bertz CT molecular complexity index is 876. The maximum absolute atomic E-state index is 14.1. The summed E-state index contributed by atoms with van der Waals surface area (Å²) in [6.45, 7) is 0. The van der Waals surface area contributed by atoms with Gasteiger partial charge in [-0.05, 0) is 24.3 Å². The minimum atomic E-state index is -0.700. The number of aromatic nitrogens is 2. The van der Waals surface area contributed by atoms with Crippen molar-refractivity contribution < 1.29 is 18.7 Å². The third-order valence-corrected chi connectivity index (χ3v) is 3.42. The number of imidazole rings is 1. The van der Waals surface area contributed by atoms with Gasteiger partial charge in [0, 0.05) is 0 Å². The fourth-order valence-electron chi connectivity index (χ4n) is 2.37. The highest BCUT2D eigenvalue weighted by molar-refractivity contribution is 6.10. The monoisotopic (exact) mass is 315 g/mol. The van der Waals surface area contributed by atoms with Crippen LogP contribution in [0.2, 0.25) is 0 Å². The van der Waals surface area contributed by atoms with E-state index in [1.807, 2.05) is 6.07 Å². The highest BCUT2D eigenvalue weighted by Crippen LogP contribution is 2.33. The molecule has 0 aliphatic heterocycles. The van der Waals surface area contributed by atoms with Gasteiger partial charge in [0.15, 0.2) is 11.5 Å². The molecule has 0 fully saturated rings. The van der Waals surface area contributed by atoms with Crippen molar-refractivity contribution in [1.29, 1.82) is 0 Å². The van der Waals surface area contributed by atoms with E-state index in [1.165, 1.54) is 26.6 Å². The van der Waals surface area contributed by atoms with Gasteiger partial charge in [0.05, 0.1) is 31.8 Å². The van der Waals surface area contributed by atoms with Crippen molar-refractivity contribution in [2.75, 3.05) is 19.5 Å². The largest absolute Gasteiger partial charge is 0.493 e. The van der Waals surface area contributed by atoms with Gasteiger partial charge in [0.25, 0.3) is 5.91 Å². The summed E-state index contributed by atoms with van der Waals surface area (Å²) in [5, 5.41) is 2.66. The zero-order valence-electron chi connectivity index (χ0n) is 12.5. The molecule has 0 radical (unpaired) electrons. The molecule has 1 heterocycles. The molecule has 2 N–H and O–H groups in total. The van der Waals surface area contributed by atoms with Crippen molar-refractivity contribution in [1.82, 2.24) is 9.97 Å². The number of fused-ring (bicyclic) bond motifs is 1. The second-order valence-electron chi connectivity index (χ2n) is 4.72. The topological polar surface area (TPSA) is 76.2 Å². The molecule has 2 aromatic carbocycles. The number of ether oxygens (including phenoxy) is 2. The Balaban J connectivity index is 2.03. The molecule has 0 bridgehead atoms. The lowest BCUT2D eigenvalue weighted by Crippen LogP contribution is -2.16. The average molecular weight is 315 g/mol. The van der Waals surface area contributed by atoms with Crippen LogP contribution in [0.5, 0.6) is 11.5 Å². The first-order valence-corrected chi connectivity index (χ1v) is 6.79. The third-order valence-electron chi connectivity index (χ3n) is 3.42. The molecule has 0 saturated carbocycles. The van der Waals surface area contributed by atoms with Crippen LogP contribution in [-0.2, 0) is 0 Å². The number of benzene rings is 2. The van der Waals surface area contributed by atoms with Crippen molar-refractivity contribution in [2.45, 2.75) is 0 Å². The highest BCUT2D eigenvalue weighted by Gasteiger charge is 2.22. The Morgan fingerprint density at radius 1 is 1.22 bits per heavy atom. The van der Waals surface area contributed by atoms with E-state index < -0.39 is 11.7 Å². The van der Waals surface area contributed by atoms with Gasteiger partial charge < -0.3 is 19.8 Å². The van der Waals surface area contributed by atoms with Crippen LogP contribution in [0.1, 0.15) is 10.4 Å². The summed E-state index contributed by atoms with van der Waals surface area (Å²) in [4.78, 5) is 19.6. The van der Waals surface area contributed by atoms with Crippen molar-refractivity contribution in [3.8, 4) is 11.5 Å². The summed E-state index contributed by atoms with van der Waals surface area (Å²) in [6.07, 6.45) is 1.52. The lowest BCUT2D eigenvalue weighted by atomic mass is 10.1. The molecule has 1 amide bonds. The molecule has 0 aliphatic carbocycles. The van der Waals surface area contributed by atoms with Crippen LogP contribution in [0.4, 0.5) is 10.1 Å². The number of amides is 1. The van der Waals surface area contributed by atoms with E-state index in [0.29, 0.717) is 11.2 Å². The maximum Gasteiger partial charge on any atom is 0.262 e. The molecule has 7 heteroatoms. The molecule has 0 saturated heterocycles. The first kappa shape index (κ1) is 14.8. The molecule has 1 aromatic heterocycles. The van der Waals surface area contributed by atoms with Crippen LogP contribution in [0.15, 0.2) is 36.7 Å². The zero-order chi connectivity index (χ0) is 16.4. The Labute approximate surface area is 131 Å². The molecule has 0 spiro atoms. The number of aromatic amines is 1. The Hall–Kier alpha value is -3.09. The van der Waals surface area contributed by atoms with Crippen LogP contribution in [0.25, 0.3) is 11.0 Å². The lowest BCUT2D eigenvalue weighted by molar-refractivity contribution is 0.101. The van der Waals surface area contributed by atoms with E-state index in [0.717, 1.165) is 11.6 Å². The van der Waals surface area contributed by atoms with Crippen molar-refractivity contribution in [3.05, 3.63) is 48.0 Å². The minimum Gasteiger partial charge on any atom is -0.493 e. The number of carbonyl (C=O) groups excluding carboxylic acids is 1. The number of hydrogen-bond acceptors (Lipinski definition) is 4. The highest BCUT2D eigenvalue weighted by atomic mass is 19.1. The first-order chi connectivity index (χ1) is 11.2. The lowest BCUT2D eigenvalue weighted by Gasteiger charge is -2.13. The minimum absolute atomic E-state index is 0.0409. The number of hydrogen-bond donors (Lipinski definition) is 2. The molecule has 0 aliphatic rings. The van der Waals surface area contributed by atoms with Crippen molar-refractivity contribution in [2.24, 2.45) is 0 Å². The van der Waals surface area contributed by atoms with Crippen LogP contribution in [-0.4, -0.2) is 30.1 Å². The van der Waals surface area contributed by atoms with Crippen LogP contribution in [0, 0.1) is 5.82 Å². The maximum atomic E-state index is 14.1. The van der Waals surface area contributed by atoms with E-state index in [4.69, 9.17) is 9.47 Å². The van der Waals surface area contributed by atoms with E-state index in [1.54, 1.807) is 12.1 Å². The summed E-state index contributed by atoms with van der Waals surface area (Å²) in [5.74, 6) is -1.03. The van der Waals surface area contributed by atoms with Crippen LogP contribution in [0.3, 0.4) is 0 Å². The van der Waals surface area contributed by atoms with Crippen LogP contribution >= 0.6 is 0 Å². The van der Waals surface area contributed by atoms with Gasteiger partial charge >= 0.3 is 0 Å². The molecule has 118 valence electrons. The number of methoxy groups -OCH3 is 2. The van der Waals surface area contributed by atoms with E-state index in [9.17, 15) is 9.18 Å². The van der Waals surface area contributed by atoms with Gasteiger partial charge in [0.2, 0.25) is 0 Å². The number of nitrogens with one attached hydrogen (secondary N) is 2.